The molecule has 6 nitrogen and oxygen atoms in total. The topological polar surface area (TPSA) is 88.0 Å². The summed E-state index contributed by atoms with van der Waals surface area (Å²) >= 11 is 1.49. The smallest absolute Gasteiger partial charge is 0.332 e. The number of thiophene rings is 1. The first-order valence-corrected chi connectivity index (χ1v) is 11.5. The summed E-state index contributed by atoms with van der Waals surface area (Å²) in [4.78, 5) is 30.6. The van der Waals surface area contributed by atoms with Gasteiger partial charge in [-0.25, -0.2) is 9.79 Å². The molecule has 1 aliphatic heterocycles. The number of rotatable bonds is 5. The number of amides is 1. The van der Waals surface area contributed by atoms with E-state index in [1.807, 2.05) is 13.8 Å². The van der Waals surface area contributed by atoms with Gasteiger partial charge in [0.15, 0.2) is 0 Å². The van der Waals surface area contributed by atoms with Crippen LogP contribution in [0.25, 0.3) is 0 Å². The van der Waals surface area contributed by atoms with Crippen molar-refractivity contribution in [3.8, 4) is 0 Å². The van der Waals surface area contributed by atoms with Crippen molar-refractivity contribution in [2.24, 2.45) is 10.9 Å². The molecule has 30 heavy (non-hydrogen) atoms. The number of aliphatic imine (C=N–C) groups is 1. The number of anilines is 1. The quantitative estimate of drug-likeness (QED) is 0.682. The lowest BCUT2D eigenvalue weighted by Crippen LogP contribution is -2.22. The van der Waals surface area contributed by atoms with Crippen LogP contribution in [0.2, 0.25) is 0 Å². The van der Waals surface area contributed by atoms with Crippen LogP contribution in [-0.2, 0) is 14.3 Å². The summed E-state index contributed by atoms with van der Waals surface area (Å²) in [5, 5.41) is 13.2. The molecule has 0 radical (unpaired) electrons. The van der Waals surface area contributed by atoms with E-state index in [2.05, 4.69) is 12.2 Å². The highest BCUT2D eigenvalue weighted by Crippen LogP contribution is 2.42. The minimum Gasteiger partial charge on any atom is -0.478 e. The number of hydrogen-bond donors (Lipinski definition) is 2. The van der Waals surface area contributed by atoms with Crippen molar-refractivity contribution in [2.75, 3.05) is 11.9 Å². The second-order valence-electron chi connectivity index (χ2n) is 8.37. The van der Waals surface area contributed by atoms with Crippen LogP contribution in [0.5, 0.6) is 0 Å². The number of carbonyl (C=O) groups is 2. The molecule has 0 spiro atoms. The van der Waals surface area contributed by atoms with Crippen molar-refractivity contribution in [1.82, 2.24) is 0 Å². The number of ether oxygens (including phenoxy) is 1. The first kappa shape index (κ1) is 20.8. The Morgan fingerprint density at radius 2 is 1.80 bits per heavy atom. The maximum absolute atomic E-state index is 13.0. The molecule has 0 atom stereocenters. The van der Waals surface area contributed by atoms with Gasteiger partial charge in [-0.3, -0.25) is 4.79 Å². The molecule has 0 bridgehead atoms. The van der Waals surface area contributed by atoms with Crippen LogP contribution < -0.4 is 5.32 Å². The summed E-state index contributed by atoms with van der Waals surface area (Å²) in [6.07, 6.45) is 5.77. The Bertz CT molecular complexity index is 995. The normalized spacial score (nSPS) is 19.9. The second kappa shape index (κ2) is 8.38. The number of aryl methyl sites for hydroxylation is 1. The fraction of sp³-hybridized carbons (Fsp3) is 0.522. The highest BCUT2D eigenvalue weighted by Gasteiger charge is 2.31. The average molecular weight is 429 g/mol. The molecule has 1 fully saturated rings. The van der Waals surface area contributed by atoms with Gasteiger partial charge in [0, 0.05) is 34.1 Å². The number of carboxylic acids is 1. The van der Waals surface area contributed by atoms with Crippen LogP contribution in [0.3, 0.4) is 0 Å². The van der Waals surface area contributed by atoms with Gasteiger partial charge < -0.3 is 15.2 Å². The van der Waals surface area contributed by atoms with E-state index in [1.165, 1.54) is 29.8 Å². The first-order chi connectivity index (χ1) is 14.4. The first-order valence-electron chi connectivity index (χ1n) is 10.6. The summed E-state index contributed by atoms with van der Waals surface area (Å²) < 4.78 is 6.05. The molecule has 1 saturated carbocycles. The molecule has 1 amide bonds. The van der Waals surface area contributed by atoms with E-state index in [0.717, 1.165) is 41.0 Å². The maximum atomic E-state index is 13.0. The molecule has 1 aromatic rings. The van der Waals surface area contributed by atoms with E-state index < -0.39 is 5.97 Å². The number of hydrogen-bond acceptors (Lipinski definition) is 5. The molecule has 4 rings (SSSR count). The largest absolute Gasteiger partial charge is 0.478 e. The molecule has 160 valence electrons. The van der Waals surface area contributed by atoms with Crippen LogP contribution in [0.1, 0.15) is 67.9 Å². The summed E-state index contributed by atoms with van der Waals surface area (Å²) in [6, 6.07) is 0. The molecular formula is C23H28N2O4S. The molecule has 2 aliphatic carbocycles. The Balaban J connectivity index is 1.70. The van der Waals surface area contributed by atoms with E-state index in [-0.39, 0.29) is 11.5 Å². The Morgan fingerprint density at radius 1 is 1.10 bits per heavy atom. The summed E-state index contributed by atoms with van der Waals surface area (Å²) in [6.45, 7) is 6.73. The summed E-state index contributed by atoms with van der Waals surface area (Å²) in [5.74, 6) is -0.227. The zero-order chi connectivity index (χ0) is 21.4. The average Bonchev–Trinajstić information content (AvgIpc) is 3.52. The van der Waals surface area contributed by atoms with E-state index in [1.54, 1.807) is 0 Å². The van der Waals surface area contributed by atoms with Gasteiger partial charge in [-0.05, 0) is 70.4 Å². The number of carbonyl (C=O) groups excluding carboxylic acids is 1. The van der Waals surface area contributed by atoms with Gasteiger partial charge in [-0.2, -0.15) is 0 Å². The van der Waals surface area contributed by atoms with E-state index in [4.69, 9.17) is 9.73 Å². The van der Waals surface area contributed by atoms with Gasteiger partial charge in [0.2, 0.25) is 5.90 Å². The number of allylic oxidation sites excluding steroid dienone is 1. The Labute approximate surface area is 180 Å². The molecule has 0 saturated heterocycles. The molecule has 7 heteroatoms. The van der Waals surface area contributed by atoms with Crippen molar-refractivity contribution in [1.29, 1.82) is 0 Å². The predicted octanol–water partition coefficient (Wildman–Crippen LogP) is 5.11. The van der Waals surface area contributed by atoms with Gasteiger partial charge >= 0.3 is 5.97 Å². The SMILES string of the molecule is CC1=C(C2CC2)N=C(c2c(NC(=O)C3=C(C(=O)O)CCCC3)sc(C)c2C)OCC1. The fourth-order valence-corrected chi connectivity index (χ4v) is 5.18. The van der Waals surface area contributed by atoms with Crippen LogP contribution in [0.4, 0.5) is 5.00 Å². The third-order valence-corrected chi connectivity index (χ3v) is 7.29. The molecule has 2 N–H and O–H groups in total. The minimum atomic E-state index is -0.996. The standard InChI is InChI=1S/C23H28N2O4S/c1-12-10-11-29-21(24-19(12)15-8-9-15)18-13(2)14(3)30-22(18)25-20(26)16-6-4-5-7-17(16)23(27)28/h15H,4-11H2,1-3H3,(H,25,26)(H,27,28). The van der Waals surface area contributed by atoms with Crippen molar-refractivity contribution in [2.45, 2.75) is 65.7 Å². The monoisotopic (exact) mass is 428 g/mol. The second-order valence-corrected chi connectivity index (χ2v) is 9.59. The number of nitrogens with zero attached hydrogens (tertiary/aromatic N) is 1. The highest BCUT2D eigenvalue weighted by molar-refractivity contribution is 7.16. The molecule has 1 aromatic heterocycles. The number of nitrogens with one attached hydrogen (secondary N) is 1. The third kappa shape index (κ3) is 4.08. The Hall–Kier alpha value is -2.41. The van der Waals surface area contributed by atoms with Crippen molar-refractivity contribution in [3.63, 3.8) is 0 Å². The van der Waals surface area contributed by atoms with Gasteiger partial charge in [-0.15, -0.1) is 11.3 Å². The van der Waals surface area contributed by atoms with Gasteiger partial charge in [0.05, 0.1) is 12.2 Å². The summed E-state index contributed by atoms with van der Waals surface area (Å²) in [7, 11) is 0. The van der Waals surface area contributed by atoms with Crippen molar-refractivity contribution < 1.29 is 19.4 Å². The predicted molar refractivity (Wildman–Crippen MR) is 118 cm³/mol. The van der Waals surface area contributed by atoms with Gasteiger partial charge in [0.25, 0.3) is 5.91 Å². The molecule has 2 heterocycles. The van der Waals surface area contributed by atoms with E-state index in [0.29, 0.717) is 41.8 Å². The fourth-order valence-electron chi connectivity index (χ4n) is 4.13. The van der Waals surface area contributed by atoms with Crippen LogP contribution in [0, 0.1) is 19.8 Å². The van der Waals surface area contributed by atoms with Crippen LogP contribution in [0.15, 0.2) is 27.4 Å². The number of carboxylic acid groups (broad SMARTS) is 1. The van der Waals surface area contributed by atoms with Gasteiger partial charge in [-0.1, -0.05) is 0 Å². The van der Waals surface area contributed by atoms with Gasteiger partial charge in [0.1, 0.15) is 5.00 Å². The van der Waals surface area contributed by atoms with Crippen LogP contribution >= 0.6 is 11.3 Å². The van der Waals surface area contributed by atoms with Crippen LogP contribution in [-0.4, -0.2) is 29.5 Å². The third-order valence-electron chi connectivity index (χ3n) is 6.17. The lowest BCUT2D eigenvalue weighted by molar-refractivity contribution is -0.133. The summed E-state index contributed by atoms with van der Waals surface area (Å²) in [5.41, 5.74) is 4.91. The van der Waals surface area contributed by atoms with E-state index >= 15 is 0 Å². The zero-order valence-corrected chi connectivity index (χ0v) is 18.6. The molecule has 3 aliphatic rings. The number of aliphatic carboxylic acids is 1. The minimum absolute atomic E-state index is 0.239. The van der Waals surface area contributed by atoms with Crippen molar-refractivity contribution >= 4 is 34.1 Å². The molecule has 0 aromatic carbocycles. The lowest BCUT2D eigenvalue weighted by atomic mass is 9.91. The lowest BCUT2D eigenvalue weighted by Gasteiger charge is -2.17. The molecular weight excluding hydrogens is 400 g/mol. The molecule has 0 unspecified atom stereocenters. The Kier molecular flexibility index (Phi) is 5.82. The zero-order valence-electron chi connectivity index (χ0n) is 17.8. The van der Waals surface area contributed by atoms with E-state index in [9.17, 15) is 14.7 Å². The highest BCUT2D eigenvalue weighted by atomic mass is 32.1. The maximum Gasteiger partial charge on any atom is 0.332 e. The Morgan fingerprint density at radius 3 is 2.47 bits per heavy atom. The van der Waals surface area contributed by atoms with Crippen molar-refractivity contribution in [3.05, 3.63) is 38.4 Å².